The fourth-order valence-corrected chi connectivity index (χ4v) is 1.56. The number of nitrogen functional groups attached to an aromatic ring is 1. The molecule has 2 N–H and O–H groups in total. The average molecular weight is 232 g/mol. The van der Waals surface area contributed by atoms with Crippen molar-refractivity contribution in [1.29, 1.82) is 0 Å². The summed E-state index contributed by atoms with van der Waals surface area (Å²) in [6, 6.07) is 7.72. The van der Waals surface area contributed by atoms with Gasteiger partial charge in [0.15, 0.2) is 5.82 Å². The molecule has 2 rings (SSSR count). The van der Waals surface area contributed by atoms with Gasteiger partial charge in [-0.3, -0.25) is 0 Å². The molecule has 0 unspecified atom stereocenters. The predicted molar refractivity (Wildman–Crippen MR) is 65.6 cm³/mol. The number of rotatable bonds is 4. The van der Waals surface area contributed by atoms with E-state index in [2.05, 4.69) is 24.0 Å². The Kier molecular flexibility index (Phi) is 3.27. The van der Waals surface area contributed by atoms with Gasteiger partial charge in [-0.1, -0.05) is 12.1 Å². The summed E-state index contributed by atoms with van der Waals surface area (Å²) in [7, 11) is 0. The second-order valence-corrected chi connectivity index (χ2v) is 4.07. The molecule has 0 fully saturated rings. The monoisotopic (exact) mass is 232 g/mol. The van der Waals surface area contributed by atoms with Crippen molar-refractivity contribution in [2.75, 3.05) is 5.73 Å². The molecule has 0 saturated heterocycles. The maximum Gasteiger partial charge on any atom is 0.171 e. The second kappa shape index (κ2) is 4.86. The standard InChI is InChI=1S/C12H16N4O/c1-9(2)16-8-14-15-12(16)7-17-11-6-4-3-5-10(11)13/h3-6,8-9H,7,13H2,1-2H3. The first-order valence-electron chi connectivity index (χ1n) is 5.54. The number of nitrogens with zero attached hydrogens (tertiary/aromatic N) is 3. The van der Waals surface area contributed by atoms with E-state index in [1.54, 1.807) is 6.33 Å². The number of hydrogen-bond donors (Lipinski definition) is 1. The first-order chi connectivity index (χ1) is 8.18. The summed E-state index contributed by atoms with van der Waals surface area (Å²) in [6.45, 7) is 4.51. The van der Waals surface area contributed by atoms with Gasteiger partial charge >= 0.3 is 0 Å². The van der Waals surface area contributed by atoms with Crippen LogP contribution in [0.15, 0.2) is 30.6 Å². The third-order valence-corrected chi connectivity index (χ3v) is 2.48. The normalized spacial score (nSPS) is 10.8. The molecule has 1 aromatic carbocycles. The third kappa shape index (κ3) is 2.55. The Morgan fingerprint density at radius 3 is 2.82 bits per heavy atom. The van der Waals surface area contributed by atoms with E-state index in [4.69, 9.17) is 10.5 Å². The first-order valence-corrected chi connectivity index (χ1v) is 5.54. The minimum absolute atomic E-state index is 0.316. The molecule has 2 aromatic rings. The Bertz CT molecular complexity index is 493. The van der Waals surface area contributed by atoms with Crippen molar-refractivity contribution in [3.05, 3.63) is 36.4 Å². The lowest BCUT2D eigenvalue weighted by atomic mass is 10.3. The molecule has 0 aliphatic heterocycles. The lowest BCUT2D eigenvalue weighted by Gasteiger charge is -2.11. The van der Waals surface area contributed by atoms with Crippen LogP contribution in [0.25, 0.3) is 0 Å². The highest BCUT2D eigenvalue weighted by atomic mass is 16.5. The van der Waals surface area contributed by atoms with Crippen molar-refractivity contribution < 1.29 is 4.74 Å². The van der Waals surface area contributed by atoms with E-state index in [1.165, 1.54) is 0 Å². The molecule has 0 bridgehead atoms. The van der Waals surface area contributed by atoms with Crippen LogP contribution in [0.1, 0.15) is 25.7 Å². The molecule has 1 aromatic heterocycles. The fraction of sp³-hybridized carbons (Fsp3) is 0.333. The number of ether oxygens (including phenoxy) is 1. The van der Waals surface area contributed by atoms with E-state index in [0.29, 0.717) is 24.1 Å². The lowest BCUT2D eigenvalue weighted by Crippen LogP contribution is -2.09. The number of benzene rings is 1. The zero-order valence-corrected chi connectivity index (χ0v) is 10.00. The van der Waals surface area contributed by atoms with Crippen LogP contribution in [0.4, 0.5) is 5.69 Å². The zero-order valence-electron chi connectivity index (χ0n) is 10.00. The molecule has 90 valence electrons. The van der Waals surface area contributed by atoms with Crippen LogP contribution >= 0.6 is 0 Å². The second-order valence-electron chi connectivity index (χ2n) is 4.07. The summed E-state index contributed by atoms with van der Waals surface area (Å²) < 4.78 is 7.60. The van der Waals surface area contributed by atoms with E-state index < -0.39 is 0 Å². The number of aromatic nitrogens is 3. The van der Waals surface area contributed by atoms with Gasteiger partial charge in [0, 0.05) is 6.04 Å². The van der Waals surface area contributed by atoms with Gasteiger partial charge in [0.25, 0.3) is 0 Å². The quantitative estimate of drug-likeness (QED) is 0.819. The summed E-state index contributed by atoms with van der Waals surface area (Å²) in [6.07, 6.45) is 1.71. The van der Waals surface area contributed by atoms with Gasteiger partial charge in [-0.2, -0.15) is 0 Å². The Morgan fingerprint density at radius 1 is 1.35 bits per heavy atom. The highest BCUT2D eigenvalue weighted by Gasteiger charge is 2.08. The Labute approximate surface area is 100 Å². The smallest absolute Gasteiger partial charge is 0.171 e. The molecule has 0 spiro atoms. The number of anilines is 1. The molecule has 0 atom stereocenters. The van der Waals surface area contributed by atoms with Crippen LogP contribution in [-0.2, 0) is 6.61 Å². The molecule has 0 radical (unpaired) electrons. The average Bonchev–Trinajstić information content (AvgIpc) is 2.76. The minimum Gasteiger partial charge on any atom is -0.483 e. The molecule has 1 heterocycles. The van der Waals surface area contributed by atoms with Crippen molar-refractivity contribution in [2.24, 2.45) is 0 Å². The maximum atomic E-state index is 5.79. The predicted octanol–water partition coefficient (Wildman–Crippen LogP) is 2.02. The molecule has 0 aliphatic carbocycles. The highest BCUT2D eigenvalue weighted by molar-refractivity contribution is 5.51. The van der Waals surface area contributed by atoms with E-state index in [9.17, 15) is 0 Å². The Balaban J connectivity index is 2.08. The number of para-hydroxylation sites is 2. The van der Waals surface area contributed by atoms with Crippen LogP contribution in [0, 0.1) is 0 Å². The lowest BCUT2D eigenvalue weighted by molar-refractivity contribution is 0.287. The Morgan fingerprint density at radius 2 is 2.12 bits per heavy atom. The fourth-order valence-electron chi connectivity index (χ4n) is 1.56. The summed E-state index contributed by atoms with van der Waals surface area (Å²) in [4.78, 5) is 0. The molecule has 0 amide bonds. The largest absolute Gasteiger partial charge is 0.483 e. The van der Waals surface area contributed by atoms with Crippen LogP contribution < -0.4 is 10.5 Å². The van der Waals surface area contributed by atoms with Crippen molar-refractivity contribution >= 4 is 5.69 Å². The van der Waals surface area contributed by atoms with E-state index in [1.807, 2.05) is 28.8 Å². The molecular weight excluding hydrogens is 216 g/mol. The van der Waals surface area contributed by atoms with Gasteiger partial charge in [-0.05, 0) is 26.0 Å². The molecule has 17 heavy (non-hydrogen) atoms. The van der Waals surface area contributed by atoms with E-state index in [-0.39, 0.29) is 0 Å². The summed E-state index contributed by atoms with van der Waals surface area (Å²) in [5.74, 6) is 1.47. The first kappa shape index (κ1) is 11.4. The maximum absolute atomic E-state index is 5.79. The van der Waals surface area contributed by atoms with Gasteiger partial charge in [-0.25, -0.2) is 0 Å². The number of nitrogens with two attached hydrogens (primary N) is 1. The molecule has 0 saturated carbocycles. The summed E-state index contributed by atoms with van der Waals surface area (Å²) >= 11 is 0. The van der Waals surface area contributed by atoms with Crippen LogP contribution in [-0.4, -0.2) is 14.8 Å². The topological polar surface area (TPSA) is 66.0 Å². The van der Waals surface area contributed by atoms with Gasteiger partial charge in [-0.15, -0.1) is 10.2 Å². The summed E-state index contributed by atoms with van der Waals surface area (Å²) in [5.41, 5.74) is 6.42. The van der Waals surface area contributed by atoms with Gasteiger partial charge in [0.1, 0.15) is 18.7 Å². The molecular formula is C12H16N4O. The molecule has 5 heteroatoms. The van der Waals surface area contributed by atoms with Crippen LogP contribution in [0.3, 0.4) is 0 Å². The Hall–Kier alpha value is -2.04. The van der Waals surface area contributed by atoms with Gasteiger partial charge in [0.2, 0.25) is 0 Å². The van der Waals surface area contributed by atoms with Crippen LogP contribution in [0.2, 0.25) is 0 Å². The van der Waals surface area contributed by atoms with E-state index in [0.717, 1.165) is 5.82 Å². The number of hydrogen-bond acceptors (Lipinski definition) is 4. The van der Waals surface area contributed by atoms with Crippen molar-refractivity contribution in [3.8, 4) is 5.75 Å². The van der Waals surface area contributed by atoms with Crippen LogP contribution in [0.5, 0.6) is 5.75 Å². The molecule has 0 aliphatic rings. The molecule has 5 nitrogen and oxygen atoms in total. The van der Waals surface area contributed by atoms with Crippen molar-refractivity contribution in [3.63, 3.8) is 0 Å². The SMILES string of the molecule is CC(C)n1cnnc1COc1ccccc1N. The van der Waals surface area contributed by atoms with E-state index >= 15 is 0 Å². The van der Waals surface area contributed by atoms with Gasteiger partial charge < -0.3 is 15.0 Å². The minimum atomic E-state index is 0.316. The zero-order chi connectivity index (χ0) is 12.3. The van der Waals surface area contributed by atoms with Gasteiger partial charge in [0.05, 0.1) is 5.69 Å². The summed E-state index contributed by atoms with van der Waals surface area (Å²) in [5, 5.41) is 7.91. The van der Waals surface area contributed by atoms with Crippen molar-refractivity contribution in [1.82, 2.24) is 14.8 Å². The third-order valence-electron chi connectivity index (χ3n) is 2.48. The highest BCUT2D eigenvalue weighted by Crippen LogP contribution is 2.21. The van der Waals surface area contributed by atoms with Crippen molar-refractivity contribution in [2.45, 2.75) is 26.5 Å².